The standard InChI is InChI=1S/C11H19N3O/c1-9(12)10-8-15-11(13-10)4-7-14-5-2-3-6-14/h8-9H,2-7,12H2,1H3. The number of aromatic nitrogens is 1. The normalized spacial score (nSPS) is 19.6. The molecular formula is C11H19N3O. The molecule has 1 aromatic rings. The van der Waals surface area contributed by atoms with Gasteiger partial charge in [0.2, 0.25) is 0 Å². The lowest BCUT2D eigenvalue weighted by Gasteiger charge is -2.12. The molecule has 0 saturated carbocycles. The van der Waals surface area contributed by atoms with Crippen molar-refractivity contribution >= 4 is 0 Å². The molecule has 15 heavy (non-hydrogen) atoms. The van der Waals surface area contributed by atoms with E-state index >= 15 is 0 Å². The van der Waals surface area contributed by atoms with E-state index in [4.69, 9.17) is 10.2 Å². The molecule has 1 fully saturated rings. The summed E-state index contributed by atoms with van der Waals surface area (Å²) in [4.78, 5) is 6.81. The number of hydrogen-bond donors (Lipinski definition) is 1. The van der Waals surface area contributed by atoms with Crippen LogP contribution >= 0.6 is 0 Å². The van der Waals surface area contributed by atoms with Crippen LogP contribution in [0.3, 0.4) is 0 Å². The predicted molar refractivity (Wildman–Crippen MR) is 58.5 cm³/mol. The molecule has 1 atom stereocenters. The summed E-state index contributed by atoms with van der Waals surface area (Å²) in [5.74, 6) is 0.814. The molecule has 2 N–H and O–H groups in total. The Hall–Kier alpha value is -0.870. The minimum absolute atomic E-state index is 0.0331. The average molecular weight is 209 g/mol. The van der Waals surface area contributed by atoms with Gasteiger partial charge in [-0.15, -0.1) is 0 Å². The van der Waals surface area contributed by atoms with Crippen LogP contribution < -0.4 is 5.73 Å². The molecule has 1 aromatic heterocycles. The summed E-state index contributed by atoms with van der Waals surface area (Å²) in [6.07, 6.45) is 5.23. The summed E-state index contributed by atoms with van der Waals surface area (Å²) in [6, 6.07) is -0.0331. The highest BCUT2D eigenvalue weighted by Crippen LogP contribution is 2.12. The van der Waals surface area contributed by atoms with Crippen LogP contribution in [0.25, 0.3) is 0 Å². The van der Waals surface area contributed by atoms with Crippen LogP contribution in [0.5, 0.6) is 0 Å². The van der Waals surface area contributed by atoms with Crippen LogP contribution in [-0.4, -0.2) is 29.5 Å². The monoisotopic (exact) mass is 209 g/mol. The third-order valence-corrected chi connectivity index (χ3v) is 2.88. The first-order valence-electron chi connectivity index (χ1n) is 5.68. The van der Waals surface area contributed by atoms with E-state index in [0.29, 0.717) is 0 Å². The Bertz CT molecular complexity index is 303. The fourth-order valence-electron chi connectivity index (χ4n) is 1.91. The van der Waals surface area contributed by atoms with Crippen molar-refractivity contribution in [3.05, 3.63) is 17.8 Å². The topological polar surface area (TPSA) is 55.3 Å². The summed E-state index contributed by atoms with van der Waals surface area (Å²) in [5, 5.41) is 0. The van der Waals surface area contributed by atoms with Crippen molar-refractivity contribution in [1.29, 1.82) is 0 Å². The number of rotatable bonds is 4. The fourth-order valence-corrected chi connectivity index (χ4v) is 1.91. The lowest BCUT2D eigenvalue weighted by atomic mass is 10.3. The van der Waals surface area contributed by atoms with Gasteiger partial charge in [0.15, 0.2) is 5.89 Å². The van der Waals surface area contributed by atoms with Crippen LogP contribution in [0.15, 0.2) is 10.7 Å². The summed E-state index contributed by atoms with van der Waals surface area (Å²) < 4.78 is 5.37. The van der Waals surface area contributed by atoms with Crippen molar-refractivity contribution in [2.75, 3.05) is 19.6 Å². The predicted octanol–water partition coefficient (Wildman–Crippen LogP) is 1.33. The Morgan fingerprint density at radius 3 is 2.87 bits per heavy atom. The molecule has 2 heterocycles. The van der Waals surface area contributed by atoms with Crippen LogP contribution in [0.4, 0.5) is 0 Å². The maximum atomic E-state index is 5.71. The Morgan fingerprint density at radius 2 is 2.27 bits per heavy atom. The molecule has 84 valence electrons. The second-order valence-corrected chi connectivity index (χ2v) is 4.25. The summed E-state index contributed by atoms with van der Waals surface area (Å²) >= 11 is 0. The lowest BCUT2D eigenvalue weighted by molar-refractivity contribution is 0.328. The second kappa shape index (κ2) is 4.77. The highest BCUT2D eigenvalue weighted by molar-refractivity contribution is 5.01. The Labute approximate surface area is 90.5 Å². The lowest BCUT2D eigenvalue weighted by Crippen LogP contribution is -2.22. The smallest absolute Gasteiger partial charge is 0.195 e. The number of likely N-dealkylation sites (tertiary alicyclic amines) is 1. The quantitative estimate of drug-likeness (QED) is 0.813. The van der Waals surface area contributed by atoms with Gasteiger partial charge >= 0.3 is 0 Å². The van der Waals surface area contributed by atoms with E-state index in [1.165, 1.54) is 25.9 Å². The summed E-state index contributed by atoms with van der Waals surface area (Å²) in [6.45, 7) is 5.42. The maximum Gasteiger partial charge on any atom is 0.195 e. The van der Waals surface area contributed by atoms with E-state index in [2.05, 4.69) is 9.88 Å². The van der Waals surface area contributed by atoms with Gasteiger partial charge in [-0.05, 0) is 32.9 Å². The highest BCUT2D eigenvalue weighted by Gasteiger charge is 2.13. The zero-order valence-corrected chi connectivity index (χ0v) is 9.28. The van der Waals surface area contributed by atoms with Crippen LogP contribution in [0.1, 0.15) is 37.4 Å². The van der Waals surface area contributed by atoms with E-state index in [1.807, 2.05) is 6.92 Å². The third-order valence-electron chi connectivity index (χ3n) is 2.88. The van der Waals surface area contributed by atoms with Gasteiger partial charge in [-0.25, -0.2) is 4.98 Å². The van der Waals surface area contributed by atoms with Gasteiger partial charge in [0.05, 0.1) is 5.69 Å². The molecule has 2 rings (SSSR count). The third kappa shape index (κ3) is 2.79. The Morgan fingerprint density at radius 1 is 1.53 bits per heavy atom. The second-order valence-electron chi connectivity index (χ2n) is 4.25. The minimum atomic E-state index is -0.0331. The first-order valence-corrected chi connectivity index (χ1v) is 5.68. The molecule has 1 aliphatic heterocycles. The minimum Gasteiger partial charge on any atom is -0.449 e. The average Bonchev–Trinajstić information content (AvgIpc) is 2.86. The van der Waals surface area contributed by atoms with E-state index in [-0.39, 0.29) is 6.04 Å². The van der Waals surface area contributed by atoms with Crippen LogP contribution in [0.2, 0.25) is 0 Å². The molecule has 1 aliphatic rings. The van der Waals surface area contributed by atoms with E-state index in [0.717, 1.165) is 24.6 Å². The number of nitrogens with two attached hydrogens (primary N) is 1. The van der Waals surface area contributed by atoms with Crippen molar-refractivity contribution < 1.29 is 4.42 Å². The van der Waals surface area contributed by atoms with Gasteiger partial charge in [-0.2, -0.15) is 0 Å². The Kier molecular flexibility index (Phi) is 3.38. The molecular weight excluding hydrogens is 190 g/mol. The van der Waals surface area contributed by atoms with Crippen LogP contribution in [-0.2, 0) is 6.42 Å². The molecule has 1 unspecified atom stereocenters. The first kappa shape index (κ1) is 10.6. The van der Waals surface area contributed by atoms with Gasteiger partial charge < -0.3 is 15.1 Å². The van der Waals surface area contributed by atoms with Crippen molar-refractivity contribution in [2.24, 2.45) is 5.73 Å². The first-order chi connectivity index (χ1) is 7.25. The molecule has 0 aromatic carbocycles. The number of nitrogens with zero attached hydrogens (tertiary/aromatic N) is 2. The van der Waals surface area contributed by atoms with E-state index in [9.17, 15) is 0 Å². The summed E-state index contributed by atoms with van der Waals surface area (Å²) in [5.41, 5.74) is 6.57. The van der Waals surface area contributed by atoms with Crippen molar-refractivity contribution in [2.45, 2.75) is 32.2 Å². The highest BCUT2D eigenvalue weighted by atomic mass is 16.3. The van der Waals surface area contributed by atoms with Gasteiger partial charge in [0.1, 0.15) is 6.26 Å². The largest absolute Gasteiger partial charge is 0.449 e. The molecule has 0 radical (unpaired) electrons. The number of hydrogen-bond acceptors (Lipinski definition) is 4. The van der Waals surface area contributed by atoms with Crippen molar-refractivity contribution in [3.63, 3.8) is 0 Å². The maximum absolute atomic E-state index is 5.71. The number of oxazole rings is 1. The molecule has 0 bridgehead atoms. The van der Waals surface area contributed by atoms with Crippen molar-refractivity contribution in [1.82, 2.24) is 9.88 Å². The molecule has 0 aliphatic carbocycles. The van der Waals surface area contributed by atoms with E-state index < -0.39 is 0 Å². The SMILES string of the molecule is CC(N)c1coc(CCN2CCCC2)n1. The summed E-state index contributed by atoms with van der Waals surface area (Å²) in [7, 11) is 0. The molecule has 1 saturated heterocycles. The van der Waals surface area contributed by atoms with Gasteiger partial charge in [-0.3, -0.25) is 0 Å². The zero-order valence-electron chi connectivity index (χ0n) is 9.28. The zero-order chi connectivity index (χ0) is 10.7. The fraction of sp³-hybridized carbons (Fsp3) is 0.727. The molecule has 4 nitrogen and oxygen atoms in total. The van der Waals surface area contributed by atoms with Gasteiger partial charge in [0.25, 0.3) is 0 Å². The van der Waals surface area contributed by atoms with Crippen molar-refractivity contribution in [3.8, 4) is 0 Å². The van der Waals surface area contributed by atoms with Gasteiger partial charge in [0, 0.05) is 19.0 Å². The molecule has 0 spiro atoms. The Balaban J connectivity index is 1.82. The van der Waals surface area contributed by atoms with Gasteiger partial charge in [-0.1, -0.05) is 0 Å². The van der Waals surface area contributed by atoms with Crippen LogP contribution in [0, 0.1) is 0 Å². The molecule has 0 amide bonds. The van der Waals surface area contributed by atoms with E-state index in [1.54, 1.807) is 6.26 Å². The molecule has 4 heteroatoms.